The van der Waals surface area contributed by atoms with Crippen molar-refractivity contribution in [3.8, 4) is 11.4 Å². The summed E-state index contributed by atoms with van der Waals surface area (Å²) in [6, 6.07) is 2.15. The lowest BCUT2D eigenvalue weighted by Gasteiger charge is -2.13. The van der Waals surface area contributed by atoms with Gasteiger partial charge in [0.05, 0.1) is 18.4 Å². The second kappa shape index (κ2) is 8.02. The van der Waals surface area contributed by atoms with Crippen LogP contribution in [0.25, 0.3) is 28.2 Å². The fraction of sp³-hybridized carbons (Fsp3) is 0.316. The van der Waals surface area contributed by atoms with Crippen LogP contribution in [0.1, 0.15) is 23.0 Å². The highest BCUT2D eigenvalue weighted by Crippen LogP contribution is 2.35. The van der Waals surface area contributed by atoms with E-state index >= 15 is 0 Å². The Bertz CT molecular complexity index is 1540. The Labute approximate surface area is 190 Å². The predicted octanol–water partition coefficient (Wildman–Crippen LogP) is 2.12. The van der Waals surface area contributed by atoms with Crippen molar-refractivity contribution in [3.05, 3.63) is 35.8 Å². The normalized spacial score (nSPS) is 12.6. The van der Waals surface area contributed by atoms with E-state index in [1.54, 1.807) is 0 Å². The molecule has 0 radical (unpaired) electrons. The minimum Gasteiger partial charge on any atom is -0.312 e. The molecule has 4 rings (SSSR count). The quantitative estimate of drug-likeness (QED) is 0.384. The van der Waals surface area contributed by atoms with Gasteiger partial charge in [-0.1, -0.05) is 6.92 Å². The van der Waals surface area contributed by atoms with E-state index in [-0.39, 0.29) is 39.6 Å². The zero-order chi connectivity index (χ0) is 25.0. The van der Waals surface area contributed by atoms with E-state index < -0.39 is 32.5 Å². The maximum absolute atomic E-state index is 13.2. The first-order chi connectivity index (χ1) is 15.9. The minimum absolute atomic E-state index is 0.0268. The summed E-state index contributed by atoms with van der Waals surface area (Å²) in [4.78, 5) is 29.9. The number of rotatable bonds is 5. The Morgan fingerprint density at radius 1 is 1.24 bits per heavy atom. The van der Waals surface area contributed by atoms with E-state index in [9.17, 15) is 26.4 Å². The molecule has 0 saturated carbocycles. The van der Waals surface area contributed by atoms with Gasteiger partial charge < -0.3 is 4.57 Å². The lowest BCUT2D eigenvalue weighted by Crippen LogP contribution is -2.27. The van der Waals surface area contributed by atoms with Gasteiger partial charge in [0.25, 0.3) is 5.91 Å². The smallest absolute Gasteiger partial charge is 0.312 e. The van der Waals surface area contributed by atoms with Gasteiger partial charge in [0.2, 0.25) is 0 Å². The maximum atomic E-state index is 13.2. The summed E-state index contributed by atoms with van der Waals surface area (Å²) in [7, 11) is 0.139. The molecule has 0 spiro atoms. The second-order valence-electron chi connectivity index (χ2n) is 7.19. The highest BCUT2D eigenvalue weighted by molar-refractivity contribution is 7.91. The van der Waals surface area contributed by atoms with Crippen LogP contribution in [0.3, 0.4) is 0 Å². The number of fused-ring (bicyclic) bond motifs is 2. The molecule has 4 aromatic heterocycles. The van der Waals surface area contributed by atoms with Crippen LogP contribution in [0.5, 0.6) is 0 Å². The van der Waals surface area contributed by atoms with Gasteiger partial charge in [-0.05, 0) is 12.1 Å². The third-order valence-electron chi connectivity index (χ3n) is 5.20. The van der Waals surface area contributed by atoms with Crippen molar-refractivity contribution < 1.29 is 31.2 Å². The van der Waals surface area contributed by atoms with Crippen LogP contribution in [-0.2, 0) is 27.9 Å². The largest absolute Gasteiger partial charge is 0.417 e. The lowest BCUT2D eigenvalue weighted by molar-refractivity contribution is -0.137. The number of amides is 1. The third kappa shape index (κ3) is 3.66. The van der Waals surface area contributed by atoms with Gasteiger partial charge in [0.15, 0.2) is 26.2 Å². The number of halogens is 3. The molecule has 15 heteroatoms. The van der Waals surface area contributed by atoms with Crippen LogP contribution in [0.15, 0.2) is 29.6 Å². The molecule has 0 aliphatic carbocycles. The monoisotopic (exact) mass is 497 g/mol. The zero-order valence-corrected chi connectivity index (χ0v) is 19.1. The van der Waals surface area contributed by atoms with Crippen LogP contribution in [0.2, 0.25) is 0 Å². The van der Waals surface area contributed by atoms with Crippen molar-refractivity contribution in [2.75, 3.05) is 19.9 Å². The minimum atomic E-state index is -4.63. The fourth-order valence-corrected chi connectivity index (χ4v) is 4.31. The van der Waals surface area contributed by atoms with Crippen molar-refractivity contribution in [1.82, 2.24) is 34.2 Å². The van der Waals surface area contributed by atoms with E-state index in [1.165, 1.54) is 45.0 Å². The number of hydrogen-bond donors (Lipinski definition) is 0. The molecular weight excluding hydrogens is 479 g/mol. The predicted molar refractivity (Wildman–Crippen MR) is 112 cm³/mol. The number of sulfone groups is 1. The van der Waals surface area contributed by atoms with Crippen LogP contribution in [0, 0.1) is 0 Å². The van der Waals surface area contributed by atoms with Crippen molar-refractivity contribution in [2.45, 2.75) is 18.1 Å². The van der Waals surface area contributed by atoms with Crippen LogP contribution in [-0.4, -0.2) is 68.4 Å². The van der Waals surface area contributed by atoms with Crippen molar-refractivity contribution in [3.63, 3.8) is 0 Å². The number of carbonyl (C=O) groups is 1. The van der Waals surface area contributed by atoms with Gasteiger partial charge in [0, 0.05) is 26.5 Å². The standard InChI is InChI=1S/C19H18F3N7O4S/c1-5-34(31,32)17-13(15-23-7-6-12(29(15)26-17)18(30)28(3)33-4)16-25-11-8-10(19(20,21)22)9-24-14(11)27(16)2/h6-9H,5H2,1-4H3. The van der Waals surface area contributed by atoms with Gasteiger partial charge in [-0.15, -0.1) is 0 Å². The molecule has 0 aliphatic rings. The number of alkyl halides is 3. The number of imidazole rings is 1. The Morgan fingerprint density at radius 3 is 2.56 bits per heavy atom. The molecule has 34 heavy (non-hydrogen) atoms. The summed E-state index contributed by atoms with van der Waals surface area (Å²) in [6.07, 6.45) is -2.68. The van der Waals surface area contributed by atoms with Crippen LogP contribution >= 0.6 is 0 Å². The van der Waals surface area contributed by atoms with Gasteiger partial charge in [-0.2, -0.15) is 18.3 Å². The molecule has 0 aliphatic heterocycles. The highest BCUT2D eigenvalue weighted by atomic mass is 32.2. The first-order valence-electron chi connectivity index (χ1n) is 9.73. The molecule has 11 nitrogen and oxygen atoms in total. The number of pyridine rings is 1. The molecule has 4 aromatic rings. The summed E-state index contributed by atoms with van der Waals surface area (Å²) < 4.78 is 67.7. The Hall–Kier alpha value is -3.59. The number of hydroxylamine groups is 2. The number of hydrogen-bond acceptors (Lipinski definition) is 8. The zero-order valence-electron chi connectivity index (χ0n) is 18.3. The number of aryl methyl sites for hydroxylation is 1. The topological polar surface area (TPSA) is 125 Å². The van der Waals surface area contributed by atoms with Crippen LogP contribution < -0.4 is 0 Å². The molecule has 4 heterocycles. The molecule has 0 bridgehead atoms. The summed E-state index contributed by atoms with van der Waals surface area (Å²) in [5.74, 6) is -0.988. The SMILES string of the molecule is CCS(=O)(=O)c1nn2c(C(=O)N(C)OC)ccnc2c1-c1nc2cc(C(F)(F)F)cnc2n1C. The molecule has 0 aromatic carbocycles. The van der Waals surface area contributed by atoms with E-state index in [0.29, 0.717) is 6.20 Å². The third-order valence-corrected chi connectivity index (χ3v) is 6.83. The van der Waals surface area contributed by atoms with Crippen molar-refractivity contribution in [2.24, 2.45) is 7.05 Å². The summed E-state index contributed by atoms with van der Waals surface area (Å²) in [6.45, 7) is 1.41. The average molecular weight is 497 g/mol. The van der Waals surface area contributed by atoms with Crippen molar-refractivity contribution >= 4 is 32.6 Å². The summed E-state index contributed by atoms with van der Waals surface area (Å²) >= 11 is 0. The molecule has 0 N–H and O–H groups in total. The van der Waals surface area contributed by atoms with Crippen molar-refractivity contribution in [1.29, 1.82) is 0 Å². The van der Waals surface area contributed by atoms with Gasteiger partial charge in [0.1, 0.15) is 22.6 Å². The molecule has 0 saturated heterocycles. The Kier molecular flexibility index (Phi) is 5.56. The highest BCUT2D eigenvalue weighted by Gasteiger charge is 2.34. The van der Waals surface area contributed by atoms with E-state index in [1.807, 2.05) is 0 Å². The van der Waals surface area contributed by atoms with Gasteiger partial charge in [-0.25, -0.2) is 32.9 Å². The second-order valence-corrected chi connectivity index (χ2v) is 9.39. The Morgan fingerprint density at radius 2 is 1.94 bits per heavy atom. The number of carbonyl (C=O) groups excluding carboxylic acids is 1. The molecule has 0 atom stereocenters. The van der Waals surface area contributed by atoms with E-state index in [0.717, 1.165) is 15.6 Å². The maximum Gasteiger partial charge on any atom is 0.417 e. The summed E-state index contributed by atoms with van der Waals surface area (Å²) in [5.41, 5.74) is -1.15. The number of nitrogens with zero attached hydrogens (tertiary/aromatic N) is 7. The van der Waals surface area contributed by atoms with Crippen LogP contribution in [0.4, 0.5) is 13.2 Å². The Balaban J connectivity index is 2.07. The number of aromatic nitrogens is 6. The first kappa shape index (κ1) is 23.6. The lowest BCUT2D eigenvalue weighted by atomic mass is 10.2. The first-order valence-corrected chi connectivity index (χ1v) is 11.4. The molecule has 0 unspecified atom stereocenters. The van der Waals surface area contributed by atoms with E-state index in [2.05, 4.69) is 20.1 Å². The molecule has 180 valence electrons. The summed E-state index contributed by atoms with van der Waals surface area (Å²) in [5, 5.41) is 4.65. The fourth-order valence-electron chi connectivity index (χ4n) is 3.34. The molecular formula is C19H18F3N7O4S. The van der Waals surface area contributed by atoms with Gasteiger partial charge in [-0.3, -0.25) is 9.63 Å². The average Bonchev–Trinajstić information content (AvgIpc) is 3.35. The van der Waals surface area contributed by atoms with E-state index in [4.69, 9.17) is 4.84 Å². The molecule has 1 amide bonds. The molecule has 0 fully saturated rings. The van der Waals surface area contributed by atoms with Gasteiger partial charge >= 0.3 is 6.18 Å².